The molecule has 4 nitrogen and oxygen atoms in total. The average molecular weight is 315 g/mol. The summed E-state index contributed by atoms with van der Waals surface area (Å²) in [6, 6.07) is 16.2. The van der Waals surface area contributed by atoms with Crippen molar-refractivity contribution in [1.29, 1.82) is 0 Å². The molecular weight excluding hydrogens is 298 g/mol. The smallest absolute Gasteiger partial charge is 0.215 e. The van der Waals surface area contributed by atoms with E-state index < -0.39 is 0 Å². The molecular formula is C20H17N3O. The molecule has 2 aromatic heterocycles. The highest BCUT2D eigenvalue weighted by molar-refractivity contribution is 6.05. The standard InChI is InChI=1S/C20H17N3O/c1-12-11-17-18(13-7-3-4-8-14(13)19(12)24)21-20-22(2)15-9-5-6-10-16(15)23(17)20/h3-10,12H,11H2,1-2H3/t12-/m1/s1. The van der Waals surface area contributed by atoms with Gasteiger partial charge in [0.2, 0.25) is 5.78 Å². The molecule has 0 bridgehead atoms. The van der Waals surface area contributed by atoms with Crippen LogP contribution in [-0.2, 0) is 13.5 Å². The Balaban J connectivity index is 1.96. The zero-order valence-corrected chi connectivity index (χ0v) is 13.7. The van der Waals surface area contributed by atoms with Crippen molar-refractivity contribution in [3.63, 3.8) is 0 Å². The van der Waals surface area contributed by atoms with Gasteiger partial charge >= 0.3 is 0 Å². The van der Waals surface area contributed by atoms with E-state index in [-0.39, 0.29) is 11.7 Å². The molecule has 1 atom stereocenters. The molecule has 0 amide bonds. The fourth-order valence-electron chi connectivity index (χ4n) is 3.92. The van der Waals surface area contributed by atoms with E-state index in [2.05, 4.69) is 21.1 Å². The van der Waals surface area contributed by atoms with E-state index in [4.69, 9.17) is 4.98 Å². The minimum absolute atomic E-state index is 0.0498. The Hall–Kier alpha value is -2.88. The first kappa shape index (κ1) is 13.5. The number of fused-ring (bicyclic) bond motifs is 7. The number of rotatable bonds is 0. The van der Waals surface area contributed by atoms with Crippen LogP contribution in [0.15, 0.2) is 48.5 Å². The lowest BCUT2D eigenvalue weighted by Crippen LogP contribution is -2.13. The van der Waals surface area contributed by atoms with Gasteiger partial charge < -0.3 is 4.57 Å². The van der Waals surface area contributed by atoms with Crippen LogP contribution >= 0.6 is 0 Å². The molecule has 1 aliphatic carbocycles. The van der Waals surface area contributed by atoms with Gasteiger partial charge in [-0.2, -0.15) is 0 Å². The third kappa shape index (κ3) is 1.58. The summed E-state index contributed by atoms with van der Waals surface area (Å²) in [7, 11) is 2.05. The highest BCUT2D eigenvalue weighted by atomic mass is 16.1. The Kier molecular flexibility index (Phi) is 2.58. The zero-order chi connectivity index (χ0) is 16.4. The van der Waals surface area contributed by atoms with E-state index in [0.29, 0.717) is 6.42 Å². The predicted molar refractivity (Wildman–Crippen MR) is 94.3 cm³/mol. The number of benzene rings is 2. The van der Waals surface area contributed by atoms with Crippen molar-refractivity contribution in [2.75, 3.05) is 0 Å². The number of hydrogen-bond donors (Lipinski definition) is 0. The van der Waals surface area contributed by atoms with Crippen molar-refractivity contribution in [2.24, 2.45) is 13.0 Å². The molecule has 0 saturated heterocycles. The molecule has 0 spiro atoms. The van der Waals surface area contributed by atoms with Crippen LogP contribution in [0.1, 0.15) is 23.0 Å². The fourth-order valence-corrected chi connectivity index (χ4v) is 3.92. The normalized spacial score (nSPS) is 17.1. The third-order valence-electron chi connectivity index (χ3n) is 5.13. The molecule has 0 aliphatic heterocycles. The van der Waals surface area contributed by atoms with Gasteiger partial charge in [-0.1, -0.05) is 43.3 Å². The number of ketones is 1. The summed E-state index contributed by atoms with van der Waals surface area (Å²) in [5.74, 6) is 1.08. The van der Waals surface area contributed by atoms with Crippen LogP contribution < -0.4 is 0 Å². The number of imidazole rings is 2. The maximum Gasteiger partial charge on any atom is 0.215 e. The molecule has 4 aromatic rings. The van der Waals surface area contributed by atoms with Crippen LogP contribution in [0, 0.1) is 5.92 Å². The second kappa shape index (κ2) is 4.57. The average Bonchev–Trinajstić information content (AvgIpc) is 3.08. The van der Waals surface area contributed by atoms with Crippen molar-refractivity contribution in [3.05, 3.63) is 59.8 Å². The molecule has 0 radical (unpaired) electrons. The van der Waals surface area contributed by atoms with Crippen LogP contribution in [0.4, 0.5) is 0 Å². The third-order valence-corrected chi connectivity index (χ3v) is 5.13. The van der Waals surface area contributed by atoms with Gasteiger partial charge in [-0.05, 0) is 12.1 Å². The second-order valence-electron chi connectivity index (χ2n) is 6.61. The van der Waals surface area contributed by atoms with E-state index in [1.165, 1.54) is 0 Å². The Morgan fingerprint density at radius 2 is 1.67 bits per heavy atom. The van der Waals surface area contributed by atoms with E-state index in [1.807, 2.05) is 50.4 Å². The molecule has 1 aliphatic rings. The fraction of sp³-hybridized carbons (Fsp3) is 0.200. The second-order valence-corrected chi connectivity index (χ2v) is 6.61. The molecule has 2 heterocycles. The van der Waals surface area contributed by atoms with Gasteiger partial charge in [-0.15, -0.1) is 0 Å². The topological polar surface area (TPSA) is 39.3 Å². The van der Waals surface area contributed by atoms with Gasteiger partial charge in [0.05, 0.1) is 22.4 Å². The summed E-state index contributed by atoms with van der Waals surface area (Å²) >= 11 is 0. The first-order valence-electron chi connectivity index (χ1n) is 8.25. The highest BCUT2D eigenvalue weighted by Gasteiger charge is 2.30. The zero-order valence-electron chi connectivity index (χ0n) is 13.7. The van der Waals surface area contributed by atoms with Crippen LogP contribution in [0.25, 0.3) is 28.1 Å². The largest absolute Gasteiger partial charge is 0.313 e. The molecule has 0 unspecified atom stereocenters. The van der Waals surface area contributed by atoms with E-state index in [9.17, 15) is 4.79 Å². The summed E-state index contributed by atoms with van der Waals surface area (Å²) in [6.07, 6.45) is 0.706. The molecule has 0 N–H and O–H groups in total. The lowest BCUT2D eigenvalue weighted by molar-refractivity contribution is 0.0931. The van der Waals surface area contributed by atoms with Crippen molar-refractivity contribution in [1.82, 2.24) is 14.0 Å². The van der Waals surface area contributed by atoms with Crippen molar-refractivity contribution >= 4 is 22.6 Å². The first-order chi connectivity index (χ1) is 11.7. The van der Waals surface area contributed by atoms with Crippen LogP contribution in [-0.4, -0.2) is 19.7 Å². The first-order valence-corrected chi connectivity index (χ1v) is 8.25. The van der Waals surface area contributed by atoms with Gasteiger partial charge in [-0.25, -0.2) is 4.98 Å². The SMILES string of the molecule is C[C@@H]1Cc2c(nc3n(C)c4ccccc4n23)-c2ccccc2C1=O. The maximum atomic E-state index is 12.8. The number of carbonyl (C=O) groups is 1. The monoisotopic (exact) mass is 315 g/mol. The molecule has 4 heteroatoms. The minimum atomic E-state index is -0.0498. The molecule has 2 aromatic carbocycles. The summed E-state index contributed by atoms with van der Waals surface area (Å²) in [5.41, 5.74) is 6.11. The van der Waals surface area contributed by atoms with Crippen LogP contribution in [0.5, 0.6) is 0 Å². The molecule has 24 heavy (non-hydrogen) atoms. The van der Waals surface area contributed by atoms with Crippen LogP contribution in [0.3, 0.4) is 0 Å². The number of Topliss-reactive ketones (excluding diaryl/α,β-unsaturated/α-hetero) is 1. The Morgan fingerprint density at radius 1 is 1.00 bits per heavy atom. The highest BCUT2D eigenvalue weighted by Crippen LogP contribution is 2.36. The predicted octanol–water partition coefficient (Wildman–Crippen LogP) is 3.87. The summed E-state index contributed by atoms with van der Waals surface area (Å²) in [5, 5.41) is 0. The summed E-state index contributed by atoms with van der Waals surface area (Å²) in [4.78, 5) is 17.7. The minimum Gasteiger partial charge on any atom is -0.313 e. The summed E-state index contributed by atoms with van der Waals surface area (Å²) in [6.45, 7) is 2.01. The lowest BCUT2D eigenvalue weighted by atomic mass is 9.96. The molecule has 5 rings (SSSR count). The molecule has 0 fully saturated rings. The summed E-state index contributed by atoms with van der Waals surface area (Å²) < 4.78 is 4.34. The maximum absolute atomic E-state index is 12.8. The quantitative estimate of drug-likeness (QED) is 0.494. The number of hydrogen-bond acceptors (Lipinski definition) is 2. The van der Waals surface area contributed by atoms with Gasteiger partial charge in [-0.3, -0.25) is 9.20 Å². The number of aromatic nitrogens is 3. The Morgan fingerprint density at radius 3 is 2.46 bits per heavy atom. The van der Waals surface area contributed by atoms with Gasteiger partial charge in [0.25, 0.3) is 0 Å². The van der Waals surface area contributed by atoms with E-state index >= 15 is 0 Å². The van der Waals surface area contributed by atoms with Gasteiger partial charge in [0, 0.05) is 30.5 Å². The van der Waals surface area contributed by atoms with Gasteiger partial charge in [0.15, 0.2) is 5.78 Å². The van der Waals surface area contributed by atoms with E-state index in [0.717, 1.165) is 39.3 Å². The number of para-hydroxylation sites is 2. The molecule has 0 saturated carbocycles. The van der Waals surface area contributed by atoms with Crippen molar-refractivity contribution in [2.45, 2.75) is 13.3 Å². The number of aryl methyl sites for hydroxylation is 1. The Bertz CT molecular complexity index is 1130. The number of nitrogens with zero attached hydrogens (tertiary/aromatic N) is 3. The lowest BCUT2D eigenvalue weighted by Gasteiger charge is -2.07. The van der Waals surface area contributed by atoms with Crippen LogP contribution in [0.2, 0.25) is 0 Å². The van der Waals surface area contributed by atoms with Gasteiger partial charge in [0.1, 0.15) is 0 Å². The van der Waals surface area contributed by atoms with Crippen molar-refractivity contribution in [3.8, 4) is 11.3 Å². The molecule has 118 valence electrons. The number of carbonyl (C=O) groups excluding carboxylic acids is 1. The van der Waals surface area contributed by atoms with E-state index in [1.54, 1.807) is 0 Å². The van der Waals surface area contributed by atoms with Crippen molar-refractivity contribution < 1.29 is 4.79 Å². The Labute approximate surface area is 139 Å².